The number of furan rings is 1. The van der Waals surface area contributed by atoms with Crippen molar-refractivity contribution in [2.45, 2.75) is 156 Å². The van der Waals surface area contributed by atoms with Gasteiger partial charge in [-0.2, -0.15) is 0 Å². The van der Waals surface area contributed by atoms with Crippen molar-refractivity contribution in [1.29, 1.82) is 0 Å². The second kappa shape index (κ2) is 16.6. The van der Waals surface area contributed by atoms with Crippen LogP contribution in [0.2, 0.25) is 0 Å². The highest BCUT2D eigenvalue weighted by atomic mass is 16.3. The number of nitrogens with zero attached hydrogens (tertiary/aromatic N) is 2. The summed E-state index contributed by atoms with van der Waals surface area (Å²) in [5, 5.41) is 2.37. The molecule has 9 aromatic rings. The summed E-state index contributed by atoms with van der Waals surface area (Å²) in [6.45, 7) is 33.5. The lowest BCUT2D eigenvalue weighted by atomic mass is 9.33. The number of benzene rings is 8. The third-order valence-electron chi connectivity index (χ3n) is 19.0. The van der Waals surface area contributed by atoms with E-state index in [-0.39, 0.29) is 33.8 Å². The molecule has 3 nitrogen and oxygen atoms in total. The van der Waals surface area contributed by atoms with Gasteiger partial charge in [0.05, 0.1) is 11.4 Å². The average Bonchev–Trinajstić information content (AvgIpc) is 3.90. The Hall–Kier alpha value is -6.78. The summed E-state index contributed by atoms with van der Waals surface area (Å²) < 4.78 is 7.62. The number of fused-ring (bicyclic) bond motifs is 10. The summed E-state index contributed by atoms with van der Waals surface area (Å²) in [4.78, 5) is 5.32. The highest BCUT2D eigenvalue weighted by Crippen LogP contribution is 2.55. The predicted molar refractivity (Wildman–Crippen MR) is 327 cm³/mol. The topological polar surface area (TPSA) is 19.6 Å². The van der Waals surface area contributed by atoms with Crippen molar-refractivity contribution in [2.24, 2.45) is 0 Å². The van der Waals surface area contributed by atoms with Crippen molar-refractivity contribution >= 4 is 79.2 Å². The first-order chi connectivity index (χ1) is 36.0. The van der Waals surface area contributed by atoms with Crippen molar-refractivity contribution in [3.05, 3.63) is 185 Å². The summed E-state index contributed by atoms with van der Waals surface area (Å²) in [5.74, 6) is 0.347. The molecule has 0 unspecified atom stereocenters. The Morgan fingerprint density at radius 1 is 0.487 bits per heavy atom. The molecule has 4 aliphatic rings. The maximum atomic E-state index is 7.62. The van der Waals surface area contributed by atoms with E-state index in [0.29, 0.717) is 5.92 Å². The third kappa shape index (κ3) is 7.35. The number of hydrogen-bond acceptors (Lipinski definition) is 3. The number of anilines is 6. The Morgan fingerprint density at radius 3 is 1.67 bits per heavy atom. The van der Waals surface area contributed by atoms with Crippen molar-refractivity contribution in [3.8, 4) is 22.3 Å². The van der Waals surface area contributed by atoms with Crippen LogP contribution in [-0.4, -0.2) is 6.71 Å². The van der Waals surface area contributed by atoms with Gasteiger partial charge in [-0.3, -0.25) is 0 Å². The fraction of sp³-hybridized carbons (Fsp3) is 0.333. The van der Waals surface area contributed by atoms with Gasteiger partial charge < -0.3 is 14.2 Å². The monoisotopic (exact) mass is 995 g/mol. The van der Waals surface area contributed by atoms with E-state index in [4.69, 9.17) is 4.42 Å². The molecule has 0 fully saturated rings. The molecule has 13 rings (SSSR count). The Bertz CT molecular complexity index is 3860. The summed E-state index contributed by atoms with van der Waals surface area (Å²) in [5.41, 5.74) is 27.7. The Morgan fingerprint density at radius 2 is 1.05 bits per heavy atom. The van der Waals surface area contributed by atoms with Crippen LogP contribution < -0.4 is 26.2 Å². The van der Waals surface area contributed by atoms with E-state index in [9.17, 15) is 0 Å². The number of hydrogen-bond donors (Lipinski definition) is 0. The van der Waals surface area contributed by atoms with Gasteiger partial charge in [0.15, 0.2) is 5.58 Å². The van der Waals surface area contributed by atoms with E-state index in [2.05, 4.69) is 252 Å². The van der Waals surface area contributed by atoms with Crippen LogP contribution in [0.15, 0.2) is 150 Å². The molecule has 2 aliphatic heterocycles. The van der Waals surface area contributed by atoms with Crippen LogP contribution in [0.1, 0.15) is 161 Å². The molecule has 4 heteroatoms. The van der Waals surface area contributed by atoms with Gasteiger partial charge >= 0.3 is 0 Å². The standard InChI is InChI=1S/C72H75BN2O/c1-43(2)47-25-29-60-58(36-47)73-57-28-27-50-52-40-54-56(72(13,14)34-32-70(54,9)10)42-64(52)76-67(50)66(57)75(59-30-26-49(68(4,5)6)39-51(59)46-23-19-16-20-24-46)63-38-48(45-21-17-15-18-22-45)37-62(65(63)73)74(60)61-41-55-53(35-44(61)3)69(7,8)31-33-71(55,11)12/h15-30,35-43H,31-34H2,1-14H3. The third-order valence-corrected chi connectivity index (χ3v) is 19.0. The summed E-state index contributed by atoms with van der Waals surface area (Å²) in [6.07, 6.45) is 4.64. The van der Waals surface area contributed by atoms with Gasteiger partial charge in [-0.25, -0.2) is 0 Å². The van der Waals surface area contributed by atoms with Crippen LogP contribution in [0.5, 0.6) is 0 Å². The van der Waals surface area contributed by atoms with E-state index >= 15 is 0 Å². The predicted octanol–water partition coefficient (Wildman–Crippen LogP) is 18.4. The van der Waals surface area contributed by atoms with E-state index in [1.165, 1.54) is 118 Å². The van der Waals surface area contributed by atoms with Crippen molar-refractivity contribution in [3.63, 3.8) is 0 Å². The summed E-state index contributed by atoms with van der Waals surface area (Å²) in [6, 6.07) is 56.9. The molecule has 0 N–H and O–H groups in total. The van der Waals surface area contributed by atoms with Gasteiger partial charge in [0, 0.05) is 39.1 Å². The van der Waals surface area contributed by atoms with Crippen LogP contribution in [0, 0.1) is 6.92 Å². The van der Waals surface area contributed by atoms with Gasteiger partial charge in [-0.05, 0) is 186 Å². The molecule has 0 saturated heterocycles. The lowest BCUT2D eigenvalue weighted by Crippen LogP contribution is -2.61. The molecule has 0 spiro atoms. The van der Waals surface area contributed by atoms with Crippen LogP contribution in [0.4, 0.5) is 34.1 Å². The maximum absolute atomic E-state index is 7.62. The molecule has 0 bridgehead atoms. The molecule has 382 valence electrons. The lowest BCUT2D eigenvalue weighted by Gasteiger charge is -2.46. The van der Waals surface area contributed by atoms with E-state index < -0.39 is 0 Å². The summed E-state index contributed by atoms with van der Waals surface area (Å²) >= 11 is 0. The van der Waals surface area contributed by atoms with Crippen molar-refractivity contribution in [2.75, 3.05) is 9.80 Å². The first-order valence-corrected chi connectivity index (χ1v) is 28.4. The molecular weight excluding hydrogens is 920 g/mol. The minimum absolute atomic E-state index is 0.0345. The van der Waals surface area contributed by atoms with Gasteiger partial charge in [-0.1, -0.05) is 187 Å². The molecule has 0 radical (unpaired) electrons. The van der Waals surface area contributed by atoms with Crippen LogP contribution >= 0.6 is 0 Å². The average molecular weight is 995 g/mol. The van der Waals surface area contributed by atoms with Crippen molar-refractivity contribution in [1.82, 2.24) is 0 Å². The smallest absolute Gasteiger partial charge is 0.252 e. The molecule has 0 atom stereocenters. The highest BCUT2D eigenvalue weighted by molar-refractivity contribution is 7.00. The summed E-state index contributed by atoms with van der Waals surface area (Å²) in [7, 11) is 0. The molecule has 1 aromatic heterocycles. The van der Waals surface area contributed by atoms with Crippen LogP contribution in [-0.2, 0) is 27.1 Å². The van der Waals surface area contributed by atoms with Gasteiger partial charge in [-0.15, -0.1) is 0 Å². The first-order valence-electron chi connectivity index (χ1n) is 28.4. The molecule has 8 aromatic carbocycles. The first kappa shape index (κ1) is 48.8. The number of aryl methyl sites for hydroxylation is 1. The fourth-order valence-corrected chi connectivity index (χ4v) is 14.1. The second-order valence-electron chi connectivity index (χ2n) is 27.3. The molecule has 76 heavy (non-hydrogen) atoms. The highest BCUT2D eigenvalue weighted by Gasteiger charge is 2.47. The Labute approximate surface area is 453 Å². The van der Waals surface area contributed by atoms with Crippen molar-refractivity contribution < 1.29 is 4.42 Å². The molecule has 0 saturated carbocycles. The van der Waals surface area contributed by atoms with E-state index in [1.807, 2.05) is 0 Å². The maximum Gasteiger partial charge on any atom is 0.252 e. The zero-order valence-electron chi connectivity index (χ0n) is 47.6. The minimum Gasteiger partial charge on any atom is -0.454 e. The molecule has 0 amide bonds. The molecule has 3 heterocycles. The van der Waals surface area contributed by atoms with Crippen LogP contribution in [0.25, 0.3) is 44.2 Å². The molecular formula is C72H75BN2O. The lowest BCUT2D eigenvalue weighted by molar-refractivity contribution is 0.332. The Balaban J connectivity index is 1.20. The van der Waals surface area contributed by atoms with E-state index in [0.717, 1.165) is 41.8 Å². The zero-order chi connectivity index (χ0) is 53.2. The molecule has 2 aliphatic carbocycles. The number of rotatable bonds is 5. The Kier molecular flexibility index (Phi) is 10.7. The largest absolute Gasteiger partial charge is 0.454 e. The zero-order valence-corrected chi connectivity index (χ0v) is 47.6. The van der Waals surface area contributed by atoms with Gasteiger partial charge in [0.25, 0.3) is 6.71 Å². The normalized spacial score (nSPS) is 17.6. The van der Waals surface area contributed by atoms with Crippen LogP contribution in [0.3, 0.4) is 0 Å². The minimum atomic E-state index is -0.0861. The second-order valence-corrected chi connectivity index (χ2v) is 27.3. The van der Waals surface area contributed by atoms with Gasteiger partial charge in [0.2, 0.25) is 0 Å². The van der Waals surface area contributed by atoms with Gasteiger partial charge in [0.1, 0.15) is 5.58 Å². The van der Waals surface area contributed by atoms with E-state index in [1.54, 1.807) is 0 Å². The SMILES string of the molecule is Cc1cc2c(cc1N1c3ccc(C(C)C)cc3B3c4ccc5c(oc6cc7c(cc65)C(C)(C)CCC7(C)C)c4N(c4ccc(C(C)(C)C)cc4-c4ccccc4)c4cc(-c5ccccc5)cc1c43)C(C)(C)CCC2(C)C. The fourth-order valence-electron chi connectivity index (χ4n) is 14.1. The quantitative estimate of drug-likeness (QED) is 0.160.